The summed E-state index contributed by atoms with van der Waals surface area (Å²) in [5.74, 6) is -3.53. The molecule has 2 rings (SSSR count). The van der Waals surface area contributed by atoms with E-state index in [9.17, 15) is 22.8 Å². The van der Waals surface area contributed by atoms with E-state index in [-0.39, 0.29) is 18.0 Å². The van der Waals surface area contributed by atoms with Crippen molar-refractivity contribution in [3.8, 4) is 5.75 Å². The van der Waals surface area contributed by atoms with Crippen molar-refractivity contribution in [2.75, 3.05) is 0 Å². The van der Waals surface area contributed by atoms with E-state index in [0.29, 0.717) is 18.9 Å². The number of amides is 1. The molecule has 0 radical (unpaired) electrons. The monoisotopic (exact) mass is 317 g/mol. The summed E-state index contributed by atoms with van der Waals surface area (Å²) >= 11 is 0. The molecule has 0 saturated heterocycles. The molecule has 1 aliphatic carbocycles. The summed E-state index contributed by atoms with van der Waals surface area (Å²) in [6.07, 6.45) is 1.19. The molecule has 1 aromatic rings. The van der Waals surface area contributed by atoms with Gasteiger partial charge in [0.1, 0.15) is 11.6 Å². The highest BCUT2D eigenvalue weighted by atomic mass is 19.3. The van der Waals surface area contributed by atoms with Crippen molar-refractivity contribution >= 4 is 11.9 Å². The number of alkyl halides is 2. The number of nitrogens with one attached hydrogen (secondary N) is 1. The van der Waals surface area contributed by atoms with Gasteiger partial charge in [-0.05, 0) is 31.4 Å². The molecular formula is C14H14F3NO4. The van der Waals surface area contributed by atoms with E-state index in [1.165, 1.54) is 0 Å². The molecule has 0 heterocycles. The fraction of sp³-hybridized carbons (Fsp3) is 0.429. The van der Waals surface area contributed by atoms with Crippen LogP contribution < -0.4 is 10.1 Å². The maximum absolute atomic E-state index is 13.1. The minimum atomic E-state index is -3.18. The molecule has 1 aliphatic rings. The van der Waals surface area contributed by atoms with Crippen molar-refractivity contribution in [1.29, 1.82) is 0 Å². The second kappa shape index (κ2) is 6.67. The van der Waals surface area contributed by atoms with Crippen molar-refractivity contribution in [3.63, 3.8) is 0 Å². The van der Waals surface area contributed by atoms with E-state index in [2.05, 4.69) is 10.1 Å². The van der Waals surface area contributed by atoms with Crippen LogP contribution in [0.15, 0.2) is 18.2 Å². The Morgan fingerprint density at radius 1 is 1.32 bits per heavy atom. The zero-order valence-electron chi connectivity index (χ0n) is 11.4. The third kappa shape index (κ3) is 3.90. The molecule has 0 aliphatic heterocycles. The molecule has 0 aromatic heterocycles. The fourth-order valence-electron chi connectivity index (χ4n) is 2.48. The van der Waals surface area contributed by atoms with Gasteiger partial charge in [-0.1, -0.05) is 0 Å². The molecule has 5 nitrogen and oxygen atoms in total. The van der Waals surface area contributed by atoms with Crippen LogP contribution in [0.1, 0.15) is 29.6 Å². The molecule has 0 bridgehead atoms. The van der Waals surface area contributed by atoms with Crippen LogP contribution in [0, 0.1) is 11.7 Å². The summed E-state index contributed by atoms with van der Waals surface area (Å²) in [6.45, 7) is -3.18. The predicted octanol–water partition coefficient (Wildman–Crippen LogP) is 2.41. The smallest absolute Gasteiger partial charge is 0.387 e. The van der Waals surface area contributed by atoms with Crippen molar-refractivity contribution < 1.29 is 32.6 Å². The molecule has 1 aromatic carbocycles. The molecule has 2 N–H and O–H groups in total. The van der Waals surface area contributed by atoms with E-state index < -0.39 is 36.0 Å². The Bertz CT molecular complexity index is 579. The first-order valence-electron chi connectivity index (χ1n) is 6.65. The Morgan fingerprint density at radius 3 is 2.64 bits per heavy atom. The van der Waals surface area contributed by atoms with Crippen molar-refractivity contribution in [3.05, 3.63) is 29.6 Å². The fourth-order valence-corrected chi connectivity index (χ4v) is 2.48. The standard InChI is InChI=1S/C14H14F3NO4/c15-8-2-4-10(11(6-8)22-14(16)17)12(19)18-9-3-1-7(5-9)13(20)21/h2,4,6-7,9,14H,1,3,5H2,(H,18,19)(H,20,21)/t7-,9+/m1/s1. The molecule has 1 amide bonds. The van der Waals surface area contributed by atoms with Crippen LogP contribution in [-0.2, 0) is 4.79 Å². The molecule has 2 atom stereocenters. The first kappa shape index (κ1) is 16.1. The number of carboxylic acids is 1. The lowest BCUT2D eigenvalue weighted by Gasteiger charge is -2.15. The summed E-state index contributed by atoms with van der Waals surface area (Å²) in [5.41, 5.74) is -0.222. The average molecular weight is 317 g/mol. The van der Waals surface area contributed by atoms with Crippen molar-refractivity contribution in [2.24, 2.45) is 5.92 Å². The van der Waals surface area contributed by atoms with Gasteiger partial charge in [0.25, 0.3) is 5.91 Å². The highest BCUT2D eigenvalue weighted by molar-refractivity contribution is 5.97. The Hall–Kier alpha value is -2.25. The highest BCUT2D eigenvalue weighted by Crippen LogP contribution is 2.27. The third-order valence-electron chi connectivity index (χ3n) is 3.52. The first-order valence-corrected chi connectivity index (χ1v) is 6.65. The molecule has 1 saturated carbocycles. The zero-order valence-corrected chi connectivity index (χ0v) is 11.4. The lowest BCUT2D eigenvalue weighted by atomic mass is 10.1. The van der Waals surface area contributed by atoms with Gasteiger partial charge in [-0.2, -0.15) is 8.78 Å². The Kier molecular flexibility index (Phi) is 4.89. The molecular weight excluding hydrogens is 303 g/mol. The first-order chi connectivity index (χ1) is 10.4. The number of carboxylic acid groups (broad SMARTS) is 1. The van der Waals surface area contributed by atoms with E-state index in [4.69, 9.17) is 5.11 Å². The number of hydrogen-bond acceptors (Lipinski definition) is 3. The summed E-state index contributed by atoms with van der Waals surface area (Å²) in [6, 6.07) is 2.35. The Balaban J connectivity index is 2.08. The summed E-state index contributed by atoms with van der Waals surface area (Å²) in [5, 5.41) is 11.5. The maximum atomic E-state index is 13.1. The van der Waals surface area contributed by atoms with Crippen LogP contribution in [0.3, 0.4) is 0 Å². The molecule has 0 spiro atoms. The average Bonchev–Trinajstić information content (AvgIpc) is 2.86. The molecule has 1 fully saturated rings. The Morgan fingerprint density at radius 2 is 2.05 bits per heavy atom. The number of ether oxygens (including phenoxy) is 1. The van der Waals surface area contributed by atoms with Crippen LogP contribution in [0.4, 0.5) is 13.2 Å². The van der Waals surface area contributed by atoms with Gasteiger partial charge in [-0.15, -0.1) is 0 Å². The molecule has 8 heteroatoms. The number of aliphatic carboxylic acids is 1. The second-order valence-corrected chi connectivity index (χ2v) is 5.04. The summed E-state index contributed by atoms with van der Waals surface area (Å²) < 4.78 is 41.8. The number of carbonyl (C=O) groups excluding carboxylic acids is 1. The van der Waals surface area contributed by atoms with Crippen LogP contribution >= 0.6 is 0 Å². The van der Waals surface area contributed by atoms with Gasteiger partial charge in [0.05, 0.1) is 11.5 Å². The number of rotatable bonds is 5. The number of halogens is 3. The maximum Gasteiger partial charge on any atom is 0.387 e. The van der Waals surface area contributed by atoms with E-state index in [0.717, 1.165) is 12.1 Å². The van der Waals surface area contributed by atoms with Crippen molar-refractivity contribution in [2.45, 2.75) is 31.9 Å². The third-order valence-corrected chi connectivity index (χ3v) is 3.52. The number of benzene rings is 1. The predicted molar refractivity (Wildman–Crippen MR) is 69.3 cm³/mol. The van der Waals surface area contributed by atoms with Gasteiger partial charge < -0.3 is 15.2 Å². The molecule has 22 heavy (non-hydrogen) atoms. The lowest BCUT2D eigenvalue weighted by molar-refractivity contribution is -0.141. The van der Waals surface area contributed by atoms with Crippen molar-refractivity contribution in [1.82, 2.24) is 5.32 Å². The van der Waals surface area contributed by atoms with Gasteiger partial charge in [-0.25, -0.2) is 4.39 Å². The minimum absolute atomic E-state index is 0.222. The normalized spacial score (nSPS) is 20.9. The molecule has 0 unspecified atom stereocenters. The quantitative estimate of drug-likeness (QED) is 0.874. The largest absolute Gasteiger partial charge is 0.481 e. The lowest BCUT2D eigenvalue weighted by Crippen LogP contribution is -2.33. The molecule has 120 valence electrons. The number of hydrogen-bond donors (Lipinski definition) is 2. The van der Waals surface area contributed by atoms with Gasteiger partial charge in [0.2, 0.25) is 0 Å². The van der Waals surface area contributed by atoms with Gasteiger partial charge >= 0.3 is 12.6 Å². The van der Waals surface area contributed by atoms with E-state index in [1.807, 2.05) is 0 Å². The van der Waals surface area contributed by atoms with Crippen LogP contribution in [-0.4, -0.2) is 29.6 Å². The van der Waals surface area contributed by atoms with E-state index >= 15 is 0 Å². The Labute approximate surface area is 124 Å². The SMILES string of the molecule is O=C(N[C@H]1CC[C@@H](C(=O)O)C1)c1ccc(F)cc1OC(F)F. The van der Waals surface area contributed by atoms with Crippen LogP contribution in [0.25, 0.3) is 0 Å². The number of carbonyl (C=O) groups is 2. The summed E-state index contributed by atoms with van der Waals surface area (Å²) in [4.78, 5) is 22.9. The minimum Gasteiger partial charge on any atom is -0.481 e. The van der Waals surface area contributed by atoms with Crippen LogP contribution in [0.2, 0.25) is 0 Å². The van der Waals surface area contributed by atoms with Gasteiger partial charge in [0, 0.05) is 12.1 Å². The second-order valence-electron chi connectivity index (χ2n) is 5.04. The van der Waals surface area contributed by atoms with Gasteiger partial charge in [-0.3, -0.25) is 9.59 Å². The summed E-state index contributed by atoms with van der Waals surface area (Å²) in [7, 11) is 0. The van der Waals surface area contributed by atoms with E-state index in [1.54, 1.807) is 0 Å². The topological polar surface area (TPSA) is 75.6 Å². The zero-order chi connectivity index (χ0) is 16.3. The van der Waals surface area contributed by atoms with Gasteiger partial charge in [0.15, 0.2) is 0 Å². The highest BCUT2D eigenvalue weighted by Gasteiger charge is 2.31. The van der Waals surface area contributed by atoms with Crippen LogP contribution in [0.5, 0.6) is 5.75 Å².